The van der Waals surface area contributed by atoms with Crippen molar-refractivity contribution in [2.75, 3.05) is 33.7 Å². The molecule has 0 aliphatic heterocycles. The fraction of sp³-hybridized carbons (Fsp3) is 0.684. The number of hydrogen-bond donors (Lipinski definition) is 2. The van der Waals surface area contributed by atoms with E-state index in [4.69, 9.17) is 4.99 Å². The van der Waals surface area contributed by atoms with Crippen molar-refractivity contribution in [2.45, 2.75) is 45.4 Å². The third-order valence-electron chi connectivity index (χ3n) is 4.91. The number of guanidine groups is 1. The van der Waals surface area contributed by atoms with Gasteiger partial charge in [0.2, 0.25) is 5.91 Å². The van der Waals surface area contributed by atoms with Gasteiger partial charge in [0, 0.05) is 38.0 Å². The highest BCUT2D eigenvalue weighted by Gasteiger charge is 2.42. The molecule has 1 fully saturated rings. The molecule has 1 aliphatic carbocycles. The molecule has 1 aromatic rings. The fourth-order valence-electron chi connectivity index (χ4n) is 3.46. The maximum absolute atomic E-state index is 12.7. The van der Waals surface area contributed by atoms with Crippen LogP contribution in [-0.4, -0.2) is 50.5 Å². The summed E-state index contributed by atoms with van der Waals surface area (Å²) in [6, 6.07) is 4.26. The normalized spacial score (nSPS) is 18.0. The number of thiophene rings is 1. The lowest BCUT2D eigenvalue weighted by Crippen LogP contribution is -2.43. The number of carbonyl (C=O) groups excluding carboxylic acids is 1. The van der Waals surface area contributed by atoms with Gasteiger partial charge in [-0.15, -0.1) is 11.3 Å². The van der Waals surface area contributed by atoms with Crippen LogP contribution in [0.4, 0.5) is 0 Å². The largest absolute Gasteiger partial charge is 0.357 e. The molecule has 6 heteroatoms. The third kappa shape index (κ3) is 5.21. The van der Waals surface area contributed by atoms with Crippen molar-refractivity contribution in [1.29, 1.82) is 0 Å². The van der Waals surface area contributed by atoms with Crippen molar-refractivity contribution < 1.29 is 4.79 Å². The van der Waals surface area contributed by atoms with Crippen molar-refractivity contribution in [3.63, 3.8) is 0 Å². The molecule has 1 aromatic heterocycles. The molecule has 2 N–H and O–H groups in total. The highest BCUT2D eigenvalue weighted by atomic mass is 32.1. The maximum atomic E-state index is 12.7. The lowest BCUT2D eigenvalue weighted by Gasteiger charge is -2.29. The number of aliphatic imine (C=N–C) groups is 1. The van der Waals surface area contributed by atoms with E-state index < -0.39 is 0 Å². The molecule has 1 saturated carbocycles. The Balaban J connectivity index is 2.01. The van der Waals surface area contributed by atoms with E-state index in [2.05, 4.69) is 42.0 Å². The molecule has 2 rings (SSSR count). The van der Waals surface area contributed by atoms with E-state index in [0.717, 1.165) is 44.7 Å². The highest BCUT2D eigenvalue weighted by Crippen LogP contribution is 2.39. The van der Waals surface area contributed by atoms with Crippen LogP contribution in [0.15, 0.2) is 22.5 Å². The second kappa shape index (κ2) is 9.22. The molecule has 140 valence electrons. The first-order valence-corrected chi connectivity index (χ1v) is 10.1. The summed E-state index contributed by atoms with van der Waals surface area (Å²) in [6.07, 6.45) is 4.12. The Kier molecular flexibility index (Phi) is 7.29. The number of rotatable bonds is 7. The summed E-state index contributed by atoms with van der Waals surface area (Å²) in [7, 11) is 3.69. The van der Waals surface area contributed by atoms with Crippen LogP contribution in [0.3, 0.4) is 0 Å². The molecule has 0 radical (unpaired) electrons. The molecule has 1 atom stereocenters. The molecule has 1 amide bonds. The van der Waals surface area contributed by atoms with E-state index in [0.29, 0.717) is 12.5 Å². The molecule has 1 aliphatic rings. The second-order valence-corrected chi connectivity index (χ2v) is 8.16. The van der Waals surface area contributed by atoms with Crippen LogP contribution in [0.5, 0.6) is 0 Å². The standard InChI is InChI=1S/C19H32N4OS/c1-5-20-18(21-13-15(2)16-9-8-12-25-16)22-14-19(10-6-7-11-19)17(24)23(3)4/h8-9,12,15H,5-7,10-11,13-14H2,1-4H3,(H2,20,21,22). The minimum Gasteiger partial charge on any atom is -0.357 e. The maximum Gasteiger partial charge on any atom is 0.230 e. The van der Waals surface area contributed by atoms with Crippen LogP contribution in [0.1, 0.15) is 50.3 Å². The van der Waals surface area contributed by atoms with Crippen LogP contribution >= 0.6 is 11.3 Å². The zero-order chi connectivity index (χ0) is 18.3. The van der Waals surface area contributed by atoms with Gasteiger partial charge in [-0.05, 0) is 31.2 Å². The van der Waals surface area contributed by atoms with Gasteiger partial charge in [0.1, 0.15) is 0 Å². The number of nitrogens with zero attached hydrogens (tertiary/aromatic N) is 2. The minimum atomic E-state index is -0.314. The Morgan fingerprint density at radius 3 is 2.64 bits per heavy atom. The van der Waals surface area contributed by atoms with Crippen molar-refractivity contribution in [1.82, 2.24) is 15.5 Å². The Morgan fingerprint density at radius 1 is 1.36 bits per heavy atom. The molecule has 0 spiro atoms. The average Bonchev–Trinajstić information content (AvgIpc) is 3.28. The van der Waals surface area contributed by atoms with E-state index in [-0.39, 0.29) is 11.3 Å². The Labute approximate surface area is 155 Å². The van der Waals surface area contributed by atoms with Crippen LogP contribution in [0.2, 0.25) is 0 Å². The SMILES string of the molecule is CCNC(=NCC1(C(=O)N(C)C)CCCC1)NCC(C)c1cccs1. The van der Waals surface area contributed by atoms with Gasteiger partial charge in [0.15, 0.2) is 5.96 Å². The monoisotopic (exact) mass is 364 g/mol. The van der Waals surface area contributed by atoms with Crippen LogP contribution in [-0.2, 0) is 4.79 Å². The quantitative estimate of drug-likeness (QED) is 0.577. The number of carbonyl (C=O) groups is 1. The summed E-state index contributed by atoms with van der Waals surface area (Å²) < 4.78 is 0. The van der Waals surface area contributed by atoms with E-state index in [1.165, 1.54) is 4.88 Å². The van der Waals surface area contributed by atoms with E-state index in [1.54, 1.807) is 16.2 Å². The first kappa shape index (κ1) is 19.8. The summed E-state index contributed by atoms with van der Waals surface area (Å²) in [4.78, 5) is 20.5. The summed E-state index contributed by atoms with van der Waals surface area (Å²) in [6.45, 7) is 6.49. The molecule has 0 aromatic carbocycles. The van der Waals surface area contributed by atoms with E-state index in [9.17, 15) is 4.79 Å². The Morgan fingerprint density at radius 2 is 2.08 bits per heavy atom. The summed E-state index contributed by atoms with van der Waals surface area (Å²) in [5.74, 6) is 1.47. The topological polar surface area (TPSA) is 56.7 Å². The van der Waals surface area contributed by atoms with Gasteiger partial charge in [-0.2, -0.15) is 0 Å². The molecule has 0 bridgehead atoms. The summed E-state index contributed by atoms with van der Waals surface area (Å²) in [5.41, 5.74) is -0.314. The smallest absolute Gasteiger partial charge is 0.230 e. The van der Waals surface area contributed by atoms with Gasteiger partial charge < -0.3 is 15.5 Å². The lowest BCUT2D eigenvalue weighted by molar-refractivity contribution is -0.138. The molecule has 0 saturated heterocycles. The Bertz CT molecular complexity index is 562. The highest BCUT2D eigenvalue weighted by molar-refractivity contribution is 7.10. The van der Waals surface area contributed by atoms with Gasteiger partial charge in [0.05, 0.1) is 12.0 Å². The molecular formula is C19H32N4OS. The molecule has 1 heterocycles. The Hall–Kier alpha value is -1.56. The number of hydrogen-bond acceptors (Lipinski definition) is 3. The van der Waals surface area contributed by atoms with Gasteiger partial charge in [0.25, 0.3) is 0 Å². The first-order valence-electron chi connectivity index (χ1n) is 9.26. The van der Waals surface area contributed by atoms with Crippen molar-refractivity contribution in [3.05, 3.63) is 22.4 Å². The third-order valence-corrected chi connectivity index (χ3v) is 6.01. The average molecular weight is 365 g/mol. The molecular weight excluding hydrogens is 332 g/mol. The predicted molar refractivity (Wildman–Crippen MR) is 106 cm³/mol. The lowest BCUT2D eigenvalue weighted by atomic mass is 9.85. The van der Waals surface area contributed by atoms with Crippen LogP contribution in [0, 0.1) is 5.41 Å². The van der Waals surface area contributed by atoms with Crippen molar-refractivity contribution >= 4 is 23.2 Å². The van der Waals surface area contributed by atoms with Gasteiger partial charge in [-0.1, -0.05) is 25.8 Å². The fourth-order valence-corrected chi connectivity index (χ4v) is 4.25. The summed E-state index contributed by atoms with van der Waals surface area (Å²) in [5, 5.41) is 8.86. The van der Waals surface area contributed by atoms with Gasteiger partial charge in [-0.3, -0.25) is 9.79 Å². The van der Waals surface area contributed by atoms with E-state index >= 15 is 0 Å². The van der Waals surface area contributed by atoms with Crippen LogP contribution in [0.25, 0.3) is 0 Å². The van der Waals surface area contributed by atoms with Crippen molar-refractivity contribution in [3.8, 4) is 0 Å². The van der Waals surface area contributed by atoms with Gasteiger partial charge >= 0.3 is 0 Å². The van der Waals surface area contributed by atoms with E-state index in [1.807, 2.05) is 14.1 Å². The summed E-state index contributed by atoms with van der Waals surface area (Å²) >= 11 is 1.79. The first-order chi connectivity index (χ1) is 12.0. The second-order valence-electron chi connectivity index (χ2n) is 7.18. The molecule has 25 heavy (non-hydrogen) atoms. The molecule has 5 nitrogen and oxygen atoms in total. The molecule has 1 unspecified atom stereocenters. The zero-order valence-corrected chi connectivity index (χ0v) is 16.8. The zero-order valence-electron chi connectivity index (χ0n) is 16.0. The number of nitrogens with one attached hydrogen (secondary N) is 2. The minimum absolute atomic E-state index is 0.219. The van der Waals surface area contributed by atoms with Gasteiger partial charge in [-0.25, -0.2) is 0 Å². The van der Waals surface area contributed by atoms with Crippen molar-refractivity contribution in [2.24, 2.45) is 10.4 Å². The predicted octanol–water partition coefficient (Wildman–Crippen LogP) is 3.06. The number of amides is 1. The van der Waals surface area contributed by atoms with Crippen LogP contribution < -0.4 is 10.6 Å².